The topological polar surface area (TPSA) is 83.1 Å². The fraction of sp³-hybridized carbons (Fsp3) is 0.0952. The lowest BCUT2D eigenvalue weighted by atomic mass is 10.1. The van der Waals surface area contributed by atoms with Crippen LogP contribution < -0.4 is 16.2 Å². The standard InChI is InChI=1S/C21H20N4O2/c1-14-7-5-11-18(15(14)2)23-19-10-4-3-9-17(19)21(27)25-24-20(26)16-8-6-12-22-13-16/h3-13,23H,1-2H3,(H,24,26)(H,25,27). The van der Waals surface area contributed by atoms with E-state index in [0.29, 0.717) is 16.8 Å². The maximum absolute atomic E-state index is 12.6. The van der Waals surface area contributed by atoms with Gasteiger partial charge in [0.2, 0.25) is 0 Å². The van der Waals surface area contributed by atoms with Crippen LogP contribution in [0.4, 0.5) is 11.4 Å². The third kappa shape index (κ3) is 4.30. The Kier molecular flexibility index (Phi) is 5.47. The molecule has 6 heteroatoms. The first-order valence-corrected chi connectivity index (χ1v) is 8.49. The summed E-state index contributed by atoms with van der Waals surface area (Å²) in [6.07, 6.45) is 3.00. The van der Waals surface area contributed by atoms with Crippen LogP contribution in [-0.4, -0.2) is 16.8 Å². The van der Waals surface area contributed by atoms with Crippen LogP contribution in [0.25, 0.3) is 0 Å². The number of para-hydroxylation sites is 1. The number of hydrazine groups is 1. The van der Waals surface area contributed by atoms with E-state index in [1.807, 2.05) is 44.2 Å². The zero-order valence-electron chi connectivity index (χ0n) is 15.1. The summed E-state index contributed by atoms with van der Waals surface area (Å²) in [5.41, 5.74) is 9.47. The quantitative estimate of drug-likeness (QED) is 0.622. The summed E-state index contributed by atoms with van der Waals surface area (Å²) in [6.45, 7) is 4.06. The molecule has 0 saturated heterocycles. The number of hydrogen-bond donors (Lipinski definition) is 3. The van der Waals surface area contributed by atoms with E-state index in [4.69, 9.17) is 0 Å². The van der Waals surface area contributed by atoms with Crippen molar-refractivity contribution in [1.29, 1.82) is 0 Å². The van der Waals surface area contributed by atoms with E-state index < -0.39 is 11.8 Å². The molecule has 1 heterocycles. The number of carbonyl (C=O) groups excluding carboxylic acids is 2. The molecule has 136 valence electrons. The van der Waals surface area contributed by atoms with Crippen molar-refractivity contribution >= 4 is 23.2 Å². The molecule has 0 spiro atoms. The minimum absolute atomic E-state index is 0.361. The molecule has 0 bridgehead atoms. The molecule has 0 aliphatic heterocycles. The molecule has 0 radical (unpaired) electrons. The fourth-order valence-electron chi connectivity index (χ4n) is 2.57. The van der Waals surface area contributed by atoms with Gasteiger partial charge in [-0.25, -0.2) is 0 Å². The zero-order chi connectivity index (χ0) is 19.2. The Morgan fingerprint density at radius 2 is 1.56 bits per heavy atom. The summed E-state index contributed by atoms with van der Waals surface area (Å²) in [7, 11) is 0. The summed E-state index contributed by atoms with van der Waals surface area (Å²) in [5.74, 6) is -0.850. The molecule has 3 N–H and O–H groups in total. The number of nitrogens with zero attached hydrogens (tertiary/aromatic N) is 1. The molecule has 6 nitrogen and oxygen atoms in total. The Balaban J connectivity index is 1.74. The van der Waals surface area contributed by atoms with Crippen LogP contribution in [0.5, 0.6) is 0 Å². The van der Waals surface area contributed by atoms with E-state index in [1.165, 1.54) is 6.20 Å². The van der Waals surface area contributed by atoms with Crippen LogP contribution in [0.2, 0.25) is 0 Å². The second-order valence-electron chi connectivity index (χ2n) is 6.07. The number of nitrogens with one attached hydrogen (secondary N) is 3. The molecular weight excluding hydrogens is 340 g/mol. The van der Waals surface area contributed by atoms with Gasteiger partial charge in [-0.05, 0) is 55.3 Å². The van der Waals surface area contributed by atoms with Crippen LogP contribution in [0.3, 0.4) is 0 Å². The van der Waals surface area contributed by atoms with Crippen LogP contribution in [0, 0.1) is 13.8 Å². The molecule has 0 saturated carbocycles. The number of pyridine rings is 1. The molecule has 27 heavy (non-hydrogen) atoms. The van der Waals surface area contributed by atoms with Crippen LogP contribution >= 0.6 is 0 Å². The van der Waals surface area contributed by atoms with E-state index in [9.17, 15) is 9.59 Å². The Morgan fingerprint density at radius 1 is 0.815 bits per heavy atom. The smallest absolute Gasteiger partial charge is 0.271 e. The van der Waals surface area contributed by atoms with Crippen molar-refractivity contribution in [3.05, 3.63) is 89.2 Å². The number of carbonyl (C=O) groups is 2. The molecule has 1 aromatic heterocycles. The molecule has 0 aliphatic carbocycles. The minimum Gasteiger partial charge on any atom is -0.355 e. The molecule has 0 atom stereocenters. The van der Waals surface area contributed by atoms with E-state index in [-0.39, 0.29) is 0 Å². The Morgan fingerprint density at radius 3 is 2.33 bits per heavy atom. The van der Waals surface area contributed by atoms with Gasteiger partial charge in [-0.15, -0.1) is 0 Å². The number of rotatable bonds is 4. The summed E-state index contributed by atoms with van der Waals surface area (Å²) in [6, 6.07) is 16.4. The van der Waals surface area contributed by atoms with E-state index in [0.717, 1.165) is 16.8 Å². The summed E-state index contributed by atoms with van der Waals surface area (Å²) >= 11 is 0. The lowest BCUT2D eigenvalue weighted by molar-refractivity contribution is 0.0847. The van der Waals surface area contributed by atoms with Gasteiger partial charge >= 0.3 is 0 Å². The third-order valence-corrected chi connectivity index (χ3v) is 4.26. The second-order valence-corrected chi connectivity index (χ2v) is 6.07. The maximum atomic E-state index is 12.6. The first-order chi connectivity index (χ1) is 13.1. The molecular formula is C21H20N4O2. The van der Waals surface area contributed by atoms with E-state index in [2.05, 4.69) is 21.2 Å². The summed E-state index contributed by atoms with van der Waals surface area (Å²) < 4.78 is 0. The van der Waals surface area contributed by atoms with Crippen LogP contribution in [0.1, 0.15) is 31.8 Å². The highest BCUT2D eigenvalue weighted by Crippen LogP contribution is 2.25. The monoisotopic (exact) mass is 360 g/mol. The first-order valence-electron chi connectivity index (χ1n) is 8.49. The third-order valence-electron chi connectivity index (χ3n) is 4.26. The van der Waals surface area contributed by atoms with Crippen molar-refractivity contribution < 1.29 is 9.59 Å². The fourth-order valence-corrected chi connectivity index (χ4v) is 2.57. The van der Waals surface area contributed by atoms with Crippen molar-refractivity contribution in [2.24, 2.45) is 0 Å². The SMILES string of the molecule is Cc1cccc(Nc2ccccc2C(=O)NNC(=O)c2cccnc2)c1C. The van der Waals surface area contributed by atoms with Crippen LogP contribution in [-0.2, 0) is 0 Å². The molecule has 2 amide bonds. The van der Waals surface area contributed by atoms with Crippen molar-refractivity contribution in [3.63, 3.8) is 0 Å². The lowest BCUT2D eigenvalue weighted by Gasteiger charge is -2.15. The number of aryl methyl sites for hydroxylation is 1. The Hall–Kier alpha value is -3.67. The number of anilines is 2. The highest BCUT2D eigenvalue weighted by atomic mass is 16.2. The van der Waals surface area contributed by atoms with Crippen molar-refractivity contribution in [3.8, 4) is 0 Å². The summed E-state index contributed by atoms with van der Waals surface area (Å²) in [5, 5.41) is 3.30. The predicted octanol–water partition coefficient (Wildman–Crippen LogP) is 3.52. The number of hydrogen-bond acceptors (Lipinski definition) is 4. The highest BCUT2D eigenvalue weighted by Gasteiger charge is 2.13. The van der Waals surface area contributed by atoms with Crippen LogP contribution in [0.15, 0.2) is 67.0 Å². The van der Waals surface area contributed by atoms with E-state index >= 15 is 0 Å². The number of amides is 2. The lowest BCUT2D eigenvalue weighted by Crippen LogP contribution is -2.41. The van der Waals surface area contributed by atoms with Crippen molar-refractivity contribution in [2.45, 2.75) is 13.8 Å². The first kappa shape index (κ1) is 18.1. The second kappa shape index (κ2) is 8.14. The molecule has 0 unspecified atom stereocenters. The van der Waals surface area contributed by atoms with Gasteiger partial charge in [-0.2, -0.15) is 0 Å². The Bertz CT molecular complexity index is 971. The van der Waals surface area contributed by atoms with Crippen molar-refractivity contribution in [2.75, 3.05) is 5.32 Å². The average molecular weight is 360 g/mol. The average Bonchev–Trinajstić information content (AvgIpc) is 2.70. The van der Waals surface area contributed by atoms with Gasteiger partial charge in [-0.1, -0.05) is 24.3 Å². The van der Waals surface area contributed by atoms with Gasteiger partial charge in [-0.3, -0.25) is 25.4 Å². The van der Waals surface area contributed by atoms with Gasteiger partial charge < -0.3 is 5.32 Å². The van der Waals surface area contributed by atoms with E-state index in [1.54, 1.807) is 30.5 Å². The van der Waals surface area contributed by atoms with Gasteiger partial charge in [0.15, 0.2) is 0 Å². The van der Waals surface area contributed by atoms with Gasteiger partial charge in [0.1, 0.15) is 0 Å². The summed E-state index contributed by atoms with van der Waals surface area (Å²) in [4.78, 5) is 28.5. The van der Waals surface area contributed by atoms with Gasteiger partial charge in [0, 0.05) is 18.1 Å². The molecule has 3 rings (SSSR count). The van der Waals surface area contributed by atoms with Crippen molar-refractivity contribution in [1.82, 2.24) is 15.8 Å². The number of aromatic nitrogens is 1. The minimum atomic E-state index is -0.434. The maximum Gasteiger partial charge on any atom is 0.271 e. The molecule has 0 fully saturated rings. The number of benzene rings is 2. The predicted molar refractivity (Wildman–Crippen MR) is 105 cm³/mol. The molecule has 3 aromatic rings. The van der Waals surface area contributed by atoms with Gasteiger partial charge in [0.05, 0.1) is 16.8 Å². The Labute approximate surface area is 157 Å². The molecule has 2 aromatic carbocycles. The van der Waals surface area contributed by atoms with Gasteiger partial charge in [0.25, 0.3) is 11.8 Å². The molecule has 0 aliphatic rings. The largest absolute Gasteiger partial charge is 0.355 e. The highest BCUT2D eigenvalue weighted by molar-refractivity contribution is 6.02. The normalized spacial score (nSPS) is 10.1. The zero-order valence-corrected chi connectivity index (χ0v) is 15.1.